The Morgan fingerprint density at radius 3 is 2.67 bits per heavy atom. The van der Waals surface area contributed by atoms with Crippen LogP contribution in [0.3, 0.4) is 0 Å². The molecule has 1 unspecified atom stereocenters. The lowest BCUT2D eigenvalue weighted by Gasteiger charge is -2.29. The van der Waals surface area contributed by atoms with E-state index in [9.17, 15) is 9.90 Å². The SMILES string of the molecule is Cc1cc(C(=O)N(C)CC(O)CN2CCOCC2)oc1C. The number of amides is 1. The van der Waals surface area contributed by atoms with Crippen LogP contribution < -0.4 is 0 Å². The van der Waals surface area contributed by atoms with E-state index in [4.69, 9.17) is 9.15 Å². The van der Waals surface area contributed by atoms with Crippen LogP contribution in [0, 0.1) is 13.8 Å². The monoisotopic (exact) mass is 296 g/mol. The van der Waals surface area contributed by atoms with E-state index in [-0.39, 0.29) is 12.5 Å². The minimum Gasteiger partial charge on any atom is -0.456 e. The lowest BCUT2D eigenvalue weighted by Crippen LogP contribution is -2.45. The van der Waals surface area contributed by atoms with E-state index in [0.29, 0.717) is 25.5 Å². The molecule has 6 heteroatoms. The Kier molecular flexibility index (Phi) is 5.39. The van der Waals surface area contributed by atoms with Crippen LogP contribution in [0.5, 0.6) is 0 Å². The number of rotatable bonds is 5. The molecule has 1 atom stereocenters. The number of aliphatic hydroxyl groups is 1. The summed E-state index contributed by atoms with van der Waals surface area (Å²) in [6.45, 7) is 7.63. The highest BCUT2D eigenvalue weighted by atomic mass is 16.5. The van der Waals surface area contributed by atoms with Crippen molar-refractivity contribution in [2.75, 3.05) is 46.4 Å². The smallest absolute Gasteiger partial charge is 0.289 e. The summed E-state index contributed by atoms with van der Waals surface area (Å²) in [5, 5.41) is 10.1. The van der Waals surface area contributed by atoms with Gasteiger partial charge in [0, 0.05) is 33.2 Å². The van der Waals surface area contributed by atoms with Crippen LogP contribution in [-0.2, 0) is 4.74 Å². The summed E-state index contributed by atoms with van der Waals surface area (Å²) < 4.78 is 10.7. The molecule has 1 aromatic heterocycles. The van der Waals surface area contributed by atoms with E-state index in [1.54, 1.807) is 13.1 Å². The zero-order valence-corrected chi connectivity index (χ0v) is 13.0. The van der Waals surface area contributed by atoms with E-state index in [1.165, 1.54) is 4.90 Å². The van der Waals surface area contributed by atoms with E-state index in [1.807, 2.05) is 13.8 Å². The number of ether oxygens (including phenoxy) is 1. The molecule has 1 aliphatic heterocycles. The summed E-state index contributed by atoms with van der Waals surface area (Å²) in [5.41, 5.74) is 0.959. The molecule has 1 aromatic rings. The van der Waals surface area contributed by atoms with Gasteiger partial charge in [-0.05, 0) is 25.5 Å². The predicted molar refractivity (Wildman–Crippen MR) is 78.4 cm³/mol. The van der Waals surface area contributed by atoms with Gasteiger partial charge in [0.25, 0.3) is 5.91 Å². The lowest BCUT2D eigenvalue weighted by molar-refractivity contribution is 0.00853. The van der Waals surface area contributed by atoms with E-state index < -0.39 is 6.10 Å². The fraction of sp³-hybridized carbons (Fsp3) is 0.667. The van der Waals surface area contributed by atoms with Crippen LogP contribution in [0.25, 0.3) is 0 Å². The fourth-order valence-electron chi connectivity index (χ4n) is 2.41. The minimum atomic E-state index is -0.575. The molecule has 1 fully saturated rings. The number of aryl methyl sites for hydroxylation is 2. The minimum absolute atomic E-state index is 0.202. The molecule has 1 amide bonds. The van der Waals surface area contributed by atoms with E-state index in [0.717, 1.165) is 24.4 Å². The molecule has 0 aromatic carbocycles. The zero-order valence-electron chi connectivity index (χ0n) is 13.0. The van der Waals surface area contributed by atoms with Gasteiger partial charge in [-0.1, -0.05) is 0 Å². The average molecular weight is 296 g/mol. The maximum atomic E-state index is 12.2. The molecule has 0 radical (unpaired) electrons. The number of nitrogens with zero attached hydrogens (tertiary/aromatic N) is 2. The van der Waals surface area contributed by atoms with Gasteiger partial charge in [0.05, 0.1) is 19.3 Å². The molecule has 1 saturated heterocycles. The molecule has 0 saturated carbocycles. The third-order valence-corrected chi connectivity index (χ3v) is 3.78. The molecular weight excluding hydrogens is 272 g/mol. The lowest BCUT2D eigenvalue weighted by atomic mass is 10.2. The van der Waals surface area contributed by atoms with Crippen molar-refractivity contribution in [2.45, 2.75) is 20.0 Å². The Morgan fingerprint density at radius 2 is 2.10 bits per heavy atom. The first-order valence-corrected chi connectivity index (χ1v) is 7.28. The number of aliphatic hydroxyl groups excluding tert-OH is 1. The Hall–Kier alpha value is -1.37. The van der Waals surface area contributed by atoms with Crippen LogP contribution in [0.2, 0.25) is 0 Å². The van der Waals surface area contributed by atoms with Gasteiger partial charge in [0.15, 0.2) is 5.76 Å². The highest BCUT2D eigenvalue weighted by molar-refractivity contribution is 5.91. The molecule has 118 valence electrons. The van der Waals surface area contributed by atoms with Gasteiger partial charge in [-0.15, -0.1) is 0 Å². The summed E-state index contributed by atoms with van der Waals surface area (Å²) in [6, 6.07) is 1.74. The first kappa shape index (κ1) is 16.0. The van der Waals surface area contributed by atoms with Gasteiger partial charge in [-0.25, -0.2) is 0 Å². The second kappa shape index (κ2) is 7.06. The van der Waals surface area contributed by atoms with Crippen molar-refractivity contribution in [3.63, 3.8) is 0 Å². The molecule has 1 aliphatic rings. The van der Waals surface area contributed by atoms with Crippen LogP contribution in [0.4, 0.5) is 0 Å². The zero-order chi connectivity index (χ0) is 15.4. The van der Waals surface area contributed by atoms with Crippen molar-refractivity contribution in [1.82, 2.24) is 9.80 Å². The molecule has 0 aliphatic carbocycles. The molecule has 1 N–H and O–H groups in total. The number of hydrogen-bond donors (Lipinski definition) is 1. The van der Waals surface area contributed by atoms with Gasteiger partial charge in [0.2, 0.25) is 0 Å². The van der Waals surface area contributed by atoms with Crippen molar-refractivity contribution < 1.29 is 19.1 Å². The van der Waals surface area contributed by atoms with E-state index in [2.05, 4.69) is 4.90 Å². The number of morpholine rings is 1. The van der Waals surface area contributed by atoms with Crippen molar-refractivity contribution in [1.29, 1.82) is 0 Å². The number of carbonyl (C=O) groups excluding carboxylic acids is 1. The van der Waals surface area contributed by atoms with Gasteiger partial charge in [-0.3, -0.25) is 9.69 Å². The first-order chi connectivity index (χ1) is 9.97. The number of furan rings is 1. The molecule has 2 rings (SSSR count). The molecular formula is C15H24N2O4. The molecule has 2 heterocycles. The van der Waals surface area contributed by atoms with Crippen LogP contribution in [0.1, 0.15) is 21.9 Å². The Morgan fingerprint density at radius 1 is 1.43 bits per heavy atom. The van der Waals surface area contributed by atoms with Crippen LogP contribution >= 0.6 is 0 Å². The Labute approximate surface area is 125 Å². The normalized spacial score (nSPS) is 17.7. The first-order valence-electron chi connectivity index (χ1n) is 7.28. The molecule has 0 bridgehead atoms. The van der Waals surface area contributed by atoms with E-state index >= 15 is 0 Å². The number of β-amino-alcohol motifs (C(OH)–C–C–N with tert-alkyl or cyclic N) is 1. The highest BCUT2D eigenvalue weighted by Crippen LogP contribution is 2.15. The fourth-order valence-corrected chi connectivity index (χ4v) is 2.41. The quantitative estimate of drug-likeness (QED) is 0.865. The summed E-state index contributed by atoms with van der Waals surface area (Å²) in [7, 11) is 1.68. The van der Waals surface area contributed by atoms with Gasteiger partial charge in [0.1, 0.15) is 5.76 Å². The number of carbonyl (C=O) groups is 1. The largest absolute Gasteiger partial charge is 0.456 e. The standard InChI is InChI=1S/C15H24N2O4/c1-11-8-14(21-12(11)2)15(19)16(3)9-13(18)10-17-4-6-20-7-5-17/h8,13,18H,4-7,9-10H2,1-3H3. The summed E-state index contributed by atoms with van der Waals surface area (Å²) in [6.07, 6.45) is -0.575. The average Bonchev–Trinajstić information content (AvgIpc) is 2.78. The summed E-state index contributed by atoms with van der Waals surface area (Å²) in [4.78, 5) is 15.9. The topological polar surface area (TPSA) is 66.2 Å². The van der Waals surface area contributed by atoms with Crippen molar-refractivity contribution in [2.24, 2.45) is 0 Å². The summed E-state index contributed by atoms with van der Waals surface area (Å²) >= 11 is 0. The van der Waals surface area contributed by atoms with Crippen molar-refractivity contribution >= 4 is 5.91 Å². The Balaban J connectivity index is 1.84. The molecule has 21 heavy (non-hydrogen) atoms. The molecule has 6 nitrogen and oxygen atoms in total. The van der Waals surface area contributed by atoms with Gasteiger partial charge < -0.3 is 19.2 Å². The predicted octanol–water partition coefficient (Wildman–Crippen LogP) is 0.662. The maximum absolute atomic E-state index is 12.2. The third-order valence-electron chi connectivity index (χ3n) is 3.78. The van der Waals surface area contributed by atoms with Crippen molar-refractivity contribution in [3.05, 3.63) is 23.2 Å². The van der Waals surface area contributed by atoms with Crippen LogP contribution in [0.15, 0.2) is 10.5 Å². The van der Waals surface area contributed by atoms with Gasteiger partial charge in [-0.2, -0.15) is 0 Å². The maximum Gasteiger partial charge on any atom is 0.289 e. The second-order valence-corrected chi connectivity index (χ2v) is 5.60. The third kappa shape index (κ3) is 4.30. The van der Waals surface area contributed by atoms with Gasteiger partial charge >= 0.3 is 0 Å². The van der Waals surface area contributed by atoms with Crippen LogP contribution in [-0.4, -0.2) is 73.4 Å². The molecule has 0 spiro atoms. The number of hydrogen-bond acceptors (Lipinski definition) is 5. The second-order valence-electron chi connectivity index (χ2n) is 5.60. The number of likely N-dealkylation sites (N-methyl/N-ethyl adjacent to an activating group) is 1. The Bertz CT molecular complexity index is 461. The highest BCUT2D eigenvalue weighted by Gasteiger charge is 2.21. The summed E-state index contributed by atoms with van der Waals surface area (Å²) in [5.74, 6) is 0.874. The van der Waals surface area contributed by atoms with Crippen molar-refractivity contribution in [3.8, 4) is 0 Å².